The standard InChI is InChI=1S/C9H12N2OS/c1-3-7-9-8(4-5-13(9)12)11-6(2)10-7/h3-5H2,1-2H3. The summed E-state index contributed by atoms with van der Waals surface area (Å²) in [4.78, 5) is 9.53. The third kappa shape index (κ3) is 1.39. The van der Waals surface area contributed by atoms with Gasteiger partial charge in [0, 0.05) is 12.2 Å². The number of aromatic nitrogens is 2. The molecule has 1 aromatic heterocycles. The van der Waals surface area contributed by atoms with E-state index >= 15 is 0 Å². The van der Waals surface area contributed by atoms with E-state index in [1.54, 1.807) is 0 Å². The summed E-state index contributed by atoms with van der Waals surface area (Å²) in [5.74, 6) is 1.52. The maximum atomic E-state index is 11.6. The Morgan fingerprint density at radius 1 is 1.46 bits per heavy atom. The largest absolute Gasteiger partial charge is 0.254 e. The average molecular weight is 196 g/mol. The Labute approximate surface area is 80.1 Å². The van der Waals surface area contributed by atoms with Crippen LogP contribution in [0.4, 0.5) is 0 Å². The van der Waals surface area contributed by atoms with Crippen molar-refractivity contribution in [2.45, 2.75) is 31.6 Å². The molecule has 4 heteroatoms. The summed E-state index contributed by atoms with van der Waals surface area (Å²) in [6.45, 7) is 3.93. The fraction of sp³-hybridized carbons (Fsp3) is 0.556. The molecule has 1 aliphatic heterocycles. The van der Waals surface area contributed by atoms with E-state index in [2.05, 4.69) is 9.97 Å². The second-order valence-corrected chi connectivity index (χ2v) is 4.65. The second kappa shape index (κ2) is 3.18. The van der Waals surface area contributed by atoms with E-state index in [4.69, 9.17) is 0 Å². The minimum absolute atomic E-state index is 0.723. The van der Waals surface area contributed by atoms with Crippen LogP contribution in [0, 0.1) is 6.92 Å². The molecule has 0 saturated carbocycles. The molecule has 13 heavy (non-hydrogen) atoms. The first kappa shape index (κ1) is 8.81. The van der Waals surface area contributed by atoms with Gasteiger partial charge in [0.05, 0.1) is 27.1 Å². The van der Waals surface area contributed by atoms with Crippen molar-refractivity contribution in [2.75, 3.05) is 5.75 Å². The zero-order valence-corrected chi connectivity index (χ0v) is 8.65. The van der Waals surface area contributed by atoms with E-state index in [-0.39, 0.29) is 0 Å². The van der Waals surface area contributed by atoms with E-state index in [1.165, 1.54) is 0 Å². The third-order valence-electron chi connectivity index (χ3n) is 2.20. The van der Waals surface area contributed by atoms with Crippen LogP contribution in [-0.4, -0.2) is 19.9 Å². The Morgan fingerprint density at radius 2 is 2.23 bits per heavy atom. The predicted molar refractivity (Wildman–Crippen MR) is 51.1 cm³/mol. The van der Waals surface area contributed by atoms with Gasteiger partial charge in [-0.1, -0.05) is 6.92 Å². The normalized spacial score (nSPS) is 20.3. The number of hydrogen-bond acceptors (Lipinski definition) is 3. The molecule has 70 valence electrons. The first-order valence-corrected chi connectivity index (χ1v) is 5.79. The molecule has 1 atom stereocenters. The number of hydrogen-bond donors (Lipinski definition) is 0. The van der Waals surface area contributed by atoms with Crippen molar-refractivity contribution in [1.82, 2.24) is 9.97 Å². The highest BCUT2D eigenvalue weighted by molar-refractivity contribution is 7.85. The van der Waals surface area contributed by atoms with Gasteiger partial charge in [-0.05, 0) is 13.3 Å². The molecule has 0 aromatic carbocycles. The minimum Gasteiger partial charge on any atom is -0.254 e. The highest BCUT2D eigenvalue weighted by Gasteiger charge is 2.23. The summed E-state index contributed by atoms with van der Waals surface area (Å²) in [6.07, 6.45) is 1.69. The molecule has 2 heterocycles. The molecule has 0 aliphatic carbocycles. The lowest BCUT2D eigenvalue weighted by atomic mass is 10.2. The Balaban J connectivity index is 2.64. The molecule has 0 spiro atoms. The van der Waals surface area contributed by atoms with E-state index in [0.717, 1.165) is 40.7 Å². The van der Waals surface area contributed by atoms with Crippen molar-refractivity contribution < 1.29 is 4.21 Å². The molecule has 3 nitrogen and oxygen atoms in total. The van der Waals surface area contributed by atoms with Crippen LogP contribution in [0.2, 0.25) is 0 Å². The van der Waals surface area contributed by atoms with E-state index in [0.29, 0.717) is 0 Å². The Bertz CT molecular complexity index is 376. The van der Waals surface area contributed by atoms with Gasteiger partial charge >= 0.3 is 0 Å². The molecule has 0 N–H and O–H groups in total. The molecule has 0 radical (unpaired) electrons. The average Bonchev–Trinajstić information content (AvgIpc) is 2.46. The molecule has 0 amide bonds. The van der Waals surface area contributed by atoms with Gasteiger partial charge in [-0.25, -0.2) is 9.97 Å². The van der Waals surface area contributed by atoms with Crippen molar-refractivity contribution in [1.29, 1.82) is 0 Å². The number of nitrogens with zero attached hydrogens (tertiary/aromatic N) is 2. The molecule has 1 aliphatic rings. The lowest BCUT2D eigenvalue weighted by Gasteiger charge is -2.04. The van der Waals surface area contributed by atoms with Gasteiger partial charge in [0.2, 0.25) is 0 Å². The molecule has 2 rings (SSSR count). The lowest BCUT2D eigenvalue weighted by molar-refractivity contribution is 0.684. The number of fused-ring (bicyclic) bond motifs is 1. The van der Waals surface area contributed by atoms with Crippen LogP contribution in [0.15, 0.2) is 4.90 Å². The summed E-state index contributed by atoms with van der Waals surface area (Å²) >= 11 is 0. The zero-order chi connectivity index (χ0) is 9.42. The van der Waals surface area contributed by atoms with Gasteiger partial charge in [0.25, 0.3) is 0 Å². The monoisotopic (exact) mass is 196 g/mol. The third-order valence-corrected chi connectivity index (χ3v) is 3.71. The van der Waals surface area contributed by atoms with Crippen LogP contribution in [0.3, 0.4) is 0 Å². The molecule has 0 saturated heterocycles. The molecule has 1 aromatic rings. The number of aryl methyl sites for hydroxylation is 3. The summed E-state index contributed by atoms with van der Waals surface area (Å²) < 4.78 is 11.6. The van der Waals surface area contributed by atoms with Crippen molar-refractivity contribution in [3.05, 3.63) is 17.2 Å². The zero-order valence-electron chi connectivity index (χ0n) is 7.83. The Hall–Kier alpha value is -0.770. The van der Waals surface area contributed by atoms with Gasteiger partial charge in [-0.3, -0.25) is 4.21 Å². The van der Waals surface area contributed by atoms with E-state index < -0.39 is 10.8 Å². The maximum absolute atomic E-state index is 11.6. The maximum Gasteiger partial charge on any atom is 0.125 e. The van der Waals surface area contributed by atoms with Crippen molar-refractivity contribution in [3.8, 4) is 0 Å². The molecular weight excluding hydrogens is 184 g/mol. The van der Waals surface area contributed by atoms with Crippen LogP contribution < -0.4 is 0 Å². The van der Waals surface area contributed by atoms with Crippen LogP contribution in [0.1, 0.15) is 24.1 Å². The fourth-order valence-corrected chi connectivity index (χ4v) is 3.09. The summed E-state index contributed by atoms with van der Waals surface area (Å²) in [6, 6.07) is 0. The van der Waals surface area contributed by atoms with E-state index in [1.807, 2.05) is 13.8 Å². The van der Waals surface area contributed by atoms with Crippen LogP contribution >= 0.6 is 0 Å². The molecule has 1 unspecified atom stereocenters. The Kier molecular flexibility index (Phi) is 2.15. The lowest BCUT2D eigenvalue weighted by Crippen LogP contribution is -2.02. The van der Waals surface area contributed by atoms with Gasteiger partial charge in [0.1, 0.15) is 5.82 Å². The highest BCUT2D eigenvalue weighted by atomic mass is 32.2. The van der Waals surface area contributed by atoms with Crippen molar-refractivity contribution in [3.63, 3.8) is 0 Å². The second-order valence-electron chi connectivity index (χ2n) is 3.15. The van der Waals surface area contributed by atoms with Gasteiger partial charge in [0.15, 0.2) is 0 Å². The first-order valence-electron chi connectivity index (χ1n) is 4.47. The Morgan fingerprint density at radius 3 is 2.92 bits per heavy atom. The summed E-state index contributed by atoms with van der Waals surface area (Å²) in [5, 5.41) is 0. The van der Waals surface area contributed by atoms with E-state index in [9.17, 15) is 4.21 Å². The van der Waals surface area contributed by atoms with Crippen molar-refractivity contribution in [2.24, 2.45) is 0 Å². The summed E-state index contributed by atoms with van der Waals surface area (Å²) in [5.41, 5.74) is 1.97. The molecule has 0 fully saturated rings. The highest BCUT2D eigenvalue weighted by Crippen LogP contribution is 2.23. The minimum atomic E-state index is -0.842. The van der Waals surface area contributed by atoms with Crippen LogP contribution in [-0.2, 0) is 23.6 Å². The fourth-order valence-electron chi connectivity index (χ4n) is 1.65. The predicted octanol–water partition coefficient (Wildman–Crippen LogP) is 1.01. The first-order chi connectivity index (χ1) is 6.22. The van der Waals surface area contributed by atoms with Crippen LogP contribution in [0.5, 0.6) is 0 Å². The summed E-state index contributed by atoms with van der Waals surface area (Å²) in [7, 11) is -0.842. The number of rotatable bonds is 1. The molecular formula is C9H12N2OS. The van der Waals surface area contributed by atoms with Crippen molar-refractivity contribution >= 4 is 10.8 Å². The smallest absolute Gasteiger partial charge is 0.125 e. The quantitative estimate of drug-likeness (QED) is 0.673. The van der Waals surface area contributed by atoms with Gasteiger partial charge < -0.3 is 0 Å². The van der Waals surface area contributed by atoms with Gasteiger partial charge in [-0.15, -0.1) is 0 Å². The molecule has 0 bridgehead atoms. The topological polar surface area (TPSA) is 42.9 Å². The van der Waals surface area contributed by atoms with Gasteiger partial charge in [-0.2, -0.15) is 0 Å². The van der Waals surface area contributed by atoms with Crippen LogP contribution in [0.25, 0.3) is 0 Å². The SMILES string of the molecule is CCc1nc(C)nc2c1S(=O)CC2.